The lowest BCUT2D eigenvalue weighted by Gasteiger charge is -2.30. The third kappa shape index (κ3) is 8.32. The van der Waals surface area contributed by atoms with Gasteiger partial charge in [0.1, 0.15) is 6.04 Å². The lowest BCUT2D eigenvalue weighted by Crippen LogP contribution is -2.49. The van der Waals surface area contributed by atoms with Crippen molar-refractivity contribution in [3.05, 3.63) is 57.6 Å². The highest BCUT2D eigenvalue weighted by Gasteiger charge is 2.28. The highest BCUT2D eigenvalue weighted by atomic mass is 35.5. The summed E-state index contributed by atoms with van der Waals surface area (Å²) in [5.41, 5.74) is 1.56. The first kappa shape index (κ1) is 28.8. The molecule has 0 heterocycles. The van der Waals surface area contributed by atoms with Gasteiger partial charge < -0.3 is 19.7 Å². The first-order chi connectivity index (χ1) is 16.7. The number of ether oxygens (including phenoxy) is 2. The fourth-order valence-corrected chi connectivity index (χ4v) is 4.06. The van der Waals surface area contributed by atoms with Crippen LogP contribution in [0.5, 0.6) is 11.5 Å². The number of hydrogen-bond donors (Lipinski definition) is 1. The highest BCUT2D eigenvalue weighted by Crippen LogP contribution is 2.30. The number of carbonyl (C=O) groups is 2. The molecule has 35 heavy (non-hydrogen) atoms. The van der Waals surface area contributed by atoms with E-state index in [0.717, 1.165) is 12.0 Å². The van der Waals surface area contributed by atoms with Crippen LogP contribution in [-0.2, 0) is 22.6 Å². The van der Waals surface area contributed by atoms with Gasteiger partial charge in [-0.1, -0.05) is 42.3 Å². The average molecular weight is 524 g/mol. The van der Waals surface area contributed by atoms with Gasteiger partial charge in [-0.25, -0.2) is 0 Å². The summed E-state index contributed by atoms with van der Waals surface area (Å²) in [5.74, 6) is 0.949. The Labute approximate surface area is 218 Å². The number of aryl methyl sites for hydroxylation is 1. The molecular weight excluding hydrogens is 487 g/mol. The Morgan fingerprint density at radius 1 is 0.971 bits per heavy atom. The van der Waals surface area contributed by atoms with Gasteiger partial charge in [0.25, 0.3) is 0 Å². The van der Waals surface area contributed by atoms with Crippen molar-refractivity contribution in [2.45, 2.75) is 72.5 Å². The van der Waals surface area contributed by atoms with Gasteiger partial charge >= 0.3 is 0 Å². The smallest absolute Gasteiger partial charge is 0.242 e. The molecule has 192 valence electrons. The minimum atomic E-state index is -0.692. The highest BCUT2D eigenvalue weighted by molar-refractivity contribution is 6.36. The number of nitrogens with one attached hydrogen (secondary N) is 1. The van der Waals surface area contributed by atoms with Crippen molar-refractivity contribution in [2.75, 3.05) is 13.2 Å². The van der Waals surface area contributed by atoms with E-state index in [-0.39, 0.29) is 30.8 Å². The number of halogens is 2. The van der Waals surface area contributed by atoms with E-state index in [1.165, 1.54) is 0 Å². The van der Waals surface area contributed by atoms with Gasteiger partial charge in [0.05, 0.1) is 13.2 Å². The molecule has 0 bridgehead atoms. The molecule has 0 saturated heterocycles. The van der Waals surface area contributed by atoms with Crippen molar-refractivity contribution in [3.8, 4) is 11.5 Å². The van der Waals surface area contributed by atoms with Crippen molar-refractivity contribution in [1.82, 2.24) is 10.2 Å². The average Bonchev–Trinajstić information content (AvgIpc) is 2.83. The Bertz CT molecular complexity index is 979. The first-order valence-corrected chi connectivity index (χ1v) is 12.9. The van der Waals surface area contributed by atoms with Crippen LogP contribution >= 0.6 is 23.2 Å². The van der Waals surface area contributed by atoms with Crippen LogP contribution in [0.4, 0.5) is 0 Å². The molecule has 2 aromatic rings. The van der Waals surface area contributed by atoms with Crippen LogP contribution in [0.15, 0.2) is 36.4 Å². The van der Waals surface area contributed by atoms with Crippen LogP contribution in [0, 0.1) is 0 Å². The Balaban J connectivity index is 2.24. The van der Waals surface area contributed by atoms with E-state index in [4.69, 9.17) is 32.7 Å². The largest absolute Gasteiger partial charge is 0.490 e. The molecule has 0 saturated carbocycles. The number of rotatable bonds is 13. The molecule has 0 aromatic heterocycles. The van der Waals surface area contributed by atoms with Gasteiger partial charge in [0.15, 0.2) is 11.5 Å². The number of amides is 2. The van der Waals surface area contributed by atoms with E-state index in [0.29, 0.717) is 46.7 Å². The topological polar surface area (TPSA) is 67.9 Å². The Morgan fingerprint density at radius 3 is 2.20 bits per heavy atom. The van der Waals surface area contributed by atoms with Crippen molar-refractivity contribution < 1.29 is 19.1 Å². The maximum Gasteiger partial charge on any atom is 0.242 e. The summed E-state index contributed by atoms with van der Waals surface area (Å²) < 4.78 is 11.3. The molecule has 2 atom stereocenters. The van der Waals surface area contributed by atoms with Crippen LogP contribution in [-0.4, -0.2) is 42.0 Å². The van der Waals surface area contributed by atoms with Crippen molar-refractivity contribution >= 4 is 35.0 Å². The Hall–Kier alpha value is -2.44. The molecule has 1 N–H and O–H groups in total. The summed E-state index contributed by atoms with van der Waals surface area (Å²) in [6.45, 7) is 10.7. The Morgan fingerprint density at radius 2 is 1.60 bits per heavy atom. The van der Waals surface area contributed by atoms with Crippen molar-refractivity contribution in [3.63, 3.8) is 0 Å². The maximum atomic E-state index is 13.4. The Kier molecular flexibility index (Phi) is 11.7. The van der Waals surface area contributed by atoms with Gasteiger partial charge in [0.2, 0.25) is 11.8 Å². The predicted molar refractivity (Wildman–Crippen MR) is 141 cm³/mol. The summed E-state index contributed by atoms with van der Waals surface area (Å²) in [6, 6.07) is 10.2. The predicted octanol–water partition coefficient (Wildman–Crippen LogP) is 6.06. The fraction of sp³-hybridized carbons (Fsp3) is 0.481. The second kappa shape index (κ2) is 14.2. The minimum absolute atomic E-state index is 0.00615. The van der Waals surface area contributed by atoms with Crippen LogP contribution in [0.25, 0.3) is 0 Å². The normalized spacial score (nSPS) is 12.5. The summed E-state index contributed by atoms with van der Waals surface area (Å²) in [5, 5.41) is 3.88. The fourth-order valence-electron chi connectivity index (χ4n) is 3.55. The van der Waals surface area contributed by atoms with E-state index in [1.54, 1.807) is 30.0 Å². The first-order valence-electron chi connectivity index (χ1n) is 12.1. The SMILES string of the molecule is CCOc1ccc(CCC(=O)N(Cc2c(Cl)cccc2Cl)[C@H](C)C(=O)N[C@@H](C)CC)cc1OCC. The van der Waals surface area contributed by atoms with Gasteiger partial charge in [-0.3, -0.25) is 9.59 Å². The molecular formula is C27H36Cl2N2O4. The molecule has 0 aliphatic rings. The monoisotopic (exact) mass is 522 g/mol. The lowest BCUT2D eigenvalue weighted by atomic mass is 10.1. The van der Waals surface area contributed by atoms with Gasteiger partial charge in [-0.15, -0.1) is 0 Å². The van der Waals surface area contributed by atoms with E-state index < -0.39 is 6.04 Å². The van der Waals surface area contributed by atoms with Crippen molar-refractivity contribution in [1.29, 1.82) is 0 Å². The van der Waals surface area contributed by atoms with Crippen molar-refractivity contribution in [2.24, 2.45) is 0 Å². The number of benzene rings is 2. The van der Waals surface area contributed by atoms with E-state index >= 15 is 0 Å². The quantitative estimate of drug-likeness (QED) is 0.347. The number of nitrogens with zero attached hydrogens (tertiary/aromatic N) is 1. The van der Waals surface area contributed by atoms with Crippen LogP contribution in [0.1, 0.15) is 58.6 Å². The summed E-state index contributed by atoms with van der Waals surface area (Å²) in [7, 11) is 0. The third-order valence-corrected chi connectivity index (χ3v) is 6.50. The summed E-state index contributed by atoms with van der Waals surface area (Å²) in [6.07, 6.45) is 1.49. The third-order valence-electron chi connectivity index (χ3n) is 5.79. The summed E-state index contributed by atoms with van der Waals surface area (Å²) >= 11 is 12.8. The molecule has 0 radical (unpaired) electrons. The van der Waals surface area contributed by atoms with Crippen LogP contribution in [0.2, 0.25) is 10.0 Å². The van der Waals surface area contributed by atoms with Crippen LogP contribution < -0.4 is 14.8 Å². The molecule has 8 heteroatoms. The van der Waals surface area contributed by atoms with Gasteiger partial charge in [-0.05, 0) is 70.4 Å². The summed E-state index contributed by atoms with van der Waals surface area (Å²) in [4.78, 5) is 27.9. The van der Waals surface area contributed by atoms with Gasteiger partial charge in [-0.2, -0.15) is 0 Å². The van der Waals surface area contributed by atoms with Gasteiger partial charge in [0, 0.05) is 34.6 Å². The molecule has 2 aromatic carbocycles. The zero-order valence-electron chi connectivity index (χ0n) is 21.2. The minimum Gasteiger partial charge on any atom is -0.490 e. The number of hydrogen-bond acceptors (Lipinski definition) is 4. The second-order valence-electron chi connectivity index (χ2n) is 8.36. The molecule has 0 aliphatic carbocycles. The second-order valence-corrected chi connectivity index (χ2v) is 9.18. The van der Waals surface area contributed by atoms with E-state index in [2.05, 4.69) is 5.32 Å². The molecule has 2 rings (SSSR count). The van der Waals surface area contributed by atoms with E-state index in [1.807, 2.05) is 45.9 Å². The molecule has 0 fully saturated rings. The van der Waals surface area contributed by atoms with Crippen LogP contribution in [0.3, 0.4) is 0 Å². The molecule has 6 nitrogen and oxygen atoms in total. The number of carbonyl (C=O) groups excluding carboxylic acids is 2. The molecule has 2 amide bonds. The standard InChI is InChI=1S/C27H36Cl2N2O4/c1-6-18(4)30-27(33)19(5)31(17-21-22(28)10-9-11-23(21)29)26(32)15-13-20-12-14-24(34-7-2)25(16-20)35-8-3/h9-12,14,16,18-19H,6-8,13,15,17H2,1-5H3,(H,30,33)/t18-,19+/m0/s1. The molecule has 0 unspecified atom stereocenters. The zero-order valence-corrected chi connectivity index (χ0v) is 22.7. The maximum absolute atomic E-state index is 13.4. The van der Waals surface area contributed by atoms with E-state index in [9.17, 15) is 9.59 Å². The molecule has 0 aliphatic heterocycles. The molecule has 0 spiro atoms. The zero-order chi connectivity index (χ0) is 26.0. The lowest BCUT2D eigenvalue weighted by molar-refractivity contribution is -0.140.